The fraction of sp³-hybridized carbons (Fsp3) is 0.154. The van der Waals surface area contributed by atoms with Crippen LogP contribution in [0.1, 0.15) is 37.5 Å². The summed E-state index contributed by atoms with van der Waals surface area (Å²) in [6.45, 7) is 6.36. The number of carbonyl (C=O) groups excluding carboxylic acids is 1. The van der Waals surface area contributed by atoms with E-state index < -0.39 is 16.1 Å². The van der Waals surface area contributed by atoms with Crippen molar-refractivity contribution >= 4 is 28.1 Å². The molecule has 0 saturated carbocycles. The summed E-state index contributed by atoms with van der Waals surface area (Å²) in [6.07, 6.45) is 1.45. The number of hydrogen-bond acceptors (Lipinski definition) is 6. The van der Waals surface area contributed by atoms with Gasteiger partial charge in [0.25, 0.3) is 0 Å². The van der Waals surface area contributed by atoms with Crippen LogP contribution in [0, 0.1) is 0 Å². The van der Waals surface area contributed by atoms with Crippen LogP contribution in [0.3, 0.4) is 0 Å². The number of hydrogen-bond donors (Lipinski definition) is 0. The lowest BCUT2D eigenvalue weighted by molar-refractivity contribution is -0.129. The van der Waals surface area contributed by atoms with E-state index in [0.717, 1.165) is 5.56 Å². The van der Waals surface area contributed by atoms with E-state index in [4.69, 9.17) is 8.92 Å². The minimum absolute atomic E-state index is 0.00154. The van der Waals surface area contributed by atoms with Gasteiger partial charge in [0, 0.05) is 11.1 Å². The van der Waals surface area contributed by atoms with Gasteiger partial charge in [0.15, 0.2) is 5.70 Å². The molecule has 0 unspecified atom stereocenters. The molecule has 0 saturated heterocycles. The topological polar surface area (TPSA) is 82.0 Å². The number of aliphatic imine (C=N–C) groups is 1. The molecule has 0 radical (unpaired) electrons. The van der Waals surface area contributed by atoms with Crippen LogP contribution in [0.25, 0.3) is 6.08 Å². The molecule has 3 aromatic rings. The largest absolute Gasteiger partial charge is 0.402 e. The van der Waals surface area contributed by atoms with E-state index in [1.165, 1.54) is 24.3 Å². The van der Waals surface area contributed by atoms with Gasteiger partial charge in [-0.05, 0) is 47.4 Å². The number of rotatable bonds is 5. The predicted molar refractivity (Wildman–Crippen MR) is 126 cm³/mol. The number of nitrogens with zero attached hydrogens (tertiary/aromatic N) is 1. The molecule has 0 atom stereocenters. The summed E-state index contributed by atoms with van der Waals surface area (Å²) in [5, 5.41) is 0. The summed E-state index contributed by atoms with van der Waals surface area (Å²) in [5.41, 5.74) is 2.27. The van der Waals surface area contributed by atoms with Crippen molar-refractivity contribution in [2.24, 2.45) is 4.99 Å². The second-order valence-electron chi connectivity index (χ2n) is 8.55. The van der Waals surface area contributed by atoms with E-state index in [0.29, 0.717) is 11.1 Å². The summed E-state index contributed by atoms with van der Waals surface area (Å²) in [4.78, 5) is 16.8. The maximum absolute atomic E-state index is 12.6. The molecule has 168 valence electrons. The third-order valence-electron chi connectivity index (χ3n) is 5.06. The van der Waals surface area contributed by atoms with Crippen LogP contribution >= 0.6 is 0 Å². The summed E-state index contributed by atoms with van der Waals surface area (Å²) < 4.78 is 36.0. The first kappa shape index (κ1) is 22.5. The average molecular weight is 462 g/mol. The minimum atomic E-state index is -4.03. The molecule has 0 amide bonds. The van der Waals surface area contributed by atoms with Crippen molar-refractivity contribution in [3.8, 4) is 5.75 Å². The molecule has 7 heteroatoms. The Hall–Kier alpha value is -3.71. The minimum Gasteiger partial charge on any atom is -0.402 e. The zero-order chi connectivity index (χ0) is 23.6. The Morgan fingerprint density at radius 2 is 1.52 bits per heavy atom. The van der Waals surface area contributed by atoms with Gasteiger partial charge in [-0.1, -0.05) is 69.3 Å². The van der Waals surface area contributed by atoms with Crippen LogP contribution in [0.5, 0.6) is 5.75 Å². The summed E-state index contributed by atoms with van der Waals surface area (Å²) >= 11 is 0. The highest BCUT2D eigenvalue weighted by Gasteiger charge is 2.26. The van der Waals surface area contributed by atoms with E-state index in [-0.39, 0.29) is 27.7 Å². The number of ether oxygens (including phenoxy) is 1. The van der Waals surface area contributed by atoms with Gasteiger partial charge in [-0.3, -0.25) is 0 Å². The Kier molecular flexibility index (Phi) is 5.91. The normalized spacial score (nSPS) is 15.3. The summed E-state index contributed by atoms with van der Waals surface area (Å²) in [7, 11) is -4.03. The van der Waals surface area contributed by atoms with Crippen molar-refractivity contribution in [1.82, 2.24) is 0 Å². The lowest BCUT2D eigenvalue weighted by Gasteiger charge is -2.18. The number of para-hydroxylation sites is 1. The van der Waals surface area contributed by atoms with Gasteiger partial charge in [0.1, 0.15) is 10.6 Å². The van der Waals surface area contributed by atoms with Gasteiger partial charge in [0.05, 0.1) is 0 Å². The fourth-order valence-electron chi connectivity index (χ4n) is 3.22. The van der Waals surface area contributed by atoms with Gasteiger partial charge in [-0.25, -0.2) is 9.79 Å². The van der Waals surface area contributed by atoms with E-state index >= 15 is 0 Å². The molecule has 0 spiro atoms. The second-order valence-corrected chi connectivity index (χ2v) is 10.1. The van der Waals surface area contributed by atoms with Crippen molar-refractivity contribution < 1.29 is 22.1 Å². The van der Waals surface area contributed by atoms with Crippen molar-refractivity contribution in [3.63, 3.8) is 0 Å². The molecule has 0 aliphatic carbocycles. The van der Waals surface area contributed by atoms with Crippen LogP contribution in [0.4, 0.5) is 0 Å². The first-order valence-electron chi connectivity index (χ1n) is 10.4. The van der Waals surface area contributed by atoms with Gasteiger partial charge in [0.2, 0.25) is 5.90 Å². The maximum Gasteiger partial charge on any atom is 0.363 e. The monoisotopic (exact) mass is 461 g/mol. The third kappa shape index (κ3) is 5.04. The van der Waals surface area contributed by atoms with Crippen LogP contribution in [0.2, 0.25) is 0 Å². The highest BCUT2D eigenvalue weighted by molar-refractivity contribution is 7.87. The second kappa shape index (κ2) is 8.67. The molecule has 0 fully saturated rings. The van der Waals surface area contributed by atoms with Crippen molar-refractivity contribution in [1.29, 1.82) is 0 Å². The van der Waals surface area contributed by atoms with Crippen molar-refractivity contribution in [2.45, 2.75) is 31.1 Å². The molecule has 0 N–H and O–H groups in total. The Morgan fingerprint density at radius 1 is 0.879 bits per heavy atom. The van der Waals surface area contributed by atoms with Gasteiger partial charge >= 0.3 is 16.1 Å². The molecule has 4 rings (SSSR count). The number of cyclic esters (lactones) is 1. The molecular formula is C26H23NO5S. The number of carbonyl (C=O) groups is 1. The SMILES string of the molecule is CC(C)(C)c1ccc(C2=N/C(=C\c3ccccc3OS(=O)(=O)c3ccccc3)C(=O)O2)cc1. The highest BCUT2D eigenvalue weighted by atomic mass is 32.2. The molecule has 1 aliphatic heterocycles. The van der Waals surface area contributed by atoms with E-state index in [9.17, 15) is 13.2 Å². The predicted octanol–water partition coefficient (Wildman–Crippen LogP) is 5.10. The molecule has 0 aromatic heterocycles. The first-order chi connectivity index (χ1) is 15.6. The molecule has 33 heavy (non-hydrogen) atoms. The van der Waals surface area contributed by atoms with Gasteiger partial charge in [-0.15, -0.1) is 0 Å². The van der Waals surface area contributed by atoms with Crippen LogP contribution < -0.4 is 4.18 Å². The van der Waals surface area contributed by atoms with E-state index in [2.05, 4.69) is 25.8 Å². The average Bonchev–Trinajstić information content (AvgIpc) is 3.15. The summed E-state index contributed by atoms with van der Waals surface area (Å²) in [6, 6.07) is 22.0. The molecule has 3 aromatic carbocycles. The molecule has 6 nitrogen and oxygen atoms in total. The molecule has 0 bridgehead atoms. The van der Waals surface area contributed by atoms with Crippen LogP contribution in [-0.4, -0.2) is 20.3 Å². The Bertz CT molecular complexity index is 1350. The highest BCUT2D eigenvalue weighted by Crippen LogP contribution is 2.28. The lowest BCUT2D eigenvalue weighted by atomic mass is 9.87. The fourth-order valence-corrected chi connectivity index (χ4v) is 4.20. The molecule has 1 aliphatic rings. The Balaban J connectivity index is 1.63. The van der Waals surface area contributed by atoms with Gasteiger partial charge < -0.3 is 8.92 Å². The van der Waals surface area contributed by atoms with E-state index in [1.54, 1.807) is 36.4 Å². The van der Waals surface area contributed by atoms with Crippen molar-refractivity contribution in [3.05, 3.63) is 101 Å². The quantitative estimate of drug-likeness (QED) is 0.300. The standard InChI is InChI=1S/C26H23NO5S/c1-26(2,3)20-15-13-18(14-16-20)24-27-22(25(28)31-24)17-19-9-7-8-12-23(19)32-33(29,30)21-10-5-4-6-11-21/h4-17H,1-3H3/b22-17-. The molecule has 1 heterocycles. The number of benzene rings is 3. The maximum atomic E-state index is 12.6. The zero-order valence-electron chi connectivity index (χ0n) is 18.5. The van der Waals surface area contributed by atoms with Crippen LogP contribution in [0.15, 0.2) is 94.4 Å². The first-order valence-corrected chi connectivity index (χ1v) is 11.8. The Morgan fingerprint density at radius 3 is 2.18 bits per heavy atom. The Labute approximate surface area is 193 Å². The summed E-state index contributed by atoms with van der Waals surface area (Å²) in [5.74, 6) is -0.340. The number of esters is 1. The van der Waals surface area contributed by atoms with Gasteiger partial charge in [-0.2, -0.15) is 8.42 Å². The molecular weight excluding hydrogens is 438 g/mol. The smallest absolute Gasteiger partial charge is 0.363 e. The van der Waals surface area contributed by atoms with E-state index in [1.807, 2.05) is 24.3 Å². The lowest BCUT2D eigenvalue weighted by Crippen LogP contribution is -2.11. The van der Waals surface area contributed by atoms with Crippen molar-refractivity contribution in [2.75, 3.05) is 0 Å². The van der Waals surface area contributed by atoms with Crippen LogP contribution in [-0.2, 0) is 25.1 Å². The third-order valence-corrected chi connectivity index (χ3v) is 6.31. The zero-order valence-corrected chi connectivity index (χ0v) is 19.3.